The molecule has 0 atom stereocenters. The lowest BCUT2D eigenvalue weighted by Crippen LogP contribution is -2.34. The van der Waals surface area contributed by atoms with E-state index in [4.69, 9.17) is 33.2 Å². The fourth-order valence-electron chi connectivity index (χ4n) is 4.99. The summed E-state index contributed by atoms with van der Waals surface area (Å²) in [6, 6.07) is 31.0. The van der Waals surface area contributed by atoms with Crippen LogP contribution in [0.15, 0.2) is 91.0 Å². The zero-order chi connectivity index (χ0) is 32.4. The minimum atomic E-state index is -0.749. The number of benzene rings is 3. The molecule has 0 aromatic heterocycles. The van der Waals surface area contributed by atoms with Crippen LogP contribution in [-0.2, 0) is 43.6 Å². The van der Waals surface area contributed by atoms with Gasteiger partial charge in [-0.2, -0.15) is 0 Å². The molecule has 3 aromatic carbocycles. The minimum Gasteiger partial charge on any atom is -0.463 e. The number of carbonyl (C=O) groups is 1. The molecule has 8 heteroatoms. The van der Waals surface area contributed by atoms with Crippen LogP contribution in [0.25, 0.3) is 0 Å². The van der Waals surface area contributed by atoms with Gasteiger partial charge in [0.2, 0.25) is 0 Å². The normalized spacial score (nSPS) is 11.5. The first-order valence-electron chi connectivity index (χ1n) is 16.6. The Labute approximate surface area is 275 Å². The lowest BCUT2D eigenvalue weighted by molar-refractivity contribution is -0.145. The molecule has 0 N–H and O–H groups in total. The van der Waals surface area contributed by atoms with Gasteiger partial charge in [-0.3, -0.25) is 4.79 Å². The van der Waals surface area contributed by atoms with Crippen molar-refractivity contribution >= 4 is 5.97 Å². The molecule has 0 fully saturated rings. The number of hydrogen-bond donors (Lipinski definition) is 0. The number of carbonyl (C=O) groups excluding carboxylic acids is 1. The van der Waals surface area contributed by atoms with E-state index in [-0.39, 0.29) is 12.6 Å². The van der Waals surface area contributed by atoms with Crippen molar-refractivity contribution in [3.05, 3.63) is 108 Å². The molecule has 0 bridgehead atoms. The summed E-state index contributed by atoms with van der Waals surface area (Å²) >= 11 is 0. The molecule has 0 spiro atoms. The Morgan fingerprint density at radius 2 is 0.848 bits per heavy atom. The molecule has 0 saturated heterocycles. The number of esters is 1. The summed E-state index contributed by atoms with van der Waals surface area (Å²) in [6.07, 6.45) is 4.76. The second-order valence-corrected chi connectivity index (χ2v) is 10.7. The molecule has 0 unspecified atom stereocenters. The summed E-state index contributed by atoms with van der Waals surface area (Å²) < 4.78 is 39.8. The van der Waals surface area contributed by atoms with Gasteiger partial charge in [-0.15, -0.1) is 0 Å². The molecular formula is C38H52O8. The third-order valence-electron chi connectivity index (χ3n) is 7.30. The maximum Gasteiger partial charge on any atom is 0.305 e. The Kier molecular flexibility index (Phi) is 19.6. The van der Waals surface area contributed by atoms with Gasteiger partial charge in [-0.25, -0.2) is 0 Å². The van der Waals surface area contributed by atoms with E-state index < -0.39 is 5.60 Å². The van der Waals surface area contributed by atoms with Gasteiger partial charge in [0.1, 0.15) is 12.2 Å². The van der Waals surface area contributed by atoms with Crippen LogP contribution in [0, 0.1) is 0 Å². The number of rotatable bonds is 27. The standard InChI is InChI=1S/C38H52O8/c1-2-3-4-14-21-37(39)45-32-30-43-28-26-41-24-22-40-23-25-42-27-29-44-31-33-46-38(34-15-8-5-9-16-34,35-17-10-6-11-18-35)36-19-12-7-13-20-36/h5-13,15-20H,2-4,14,21-33H2,1H3. The molecule has 46 heavy (non-hydrogen) atoms. The van der Waals surface area contributed by atoms with Crippen LogP contribution in [0.2, 0.25) is 0 Å². The van der Waals surface area contributed by atoms with Gasteiger partial charge < -0.3 is 33.2 Å². The summed E-state index contributed by atoms with van der Waals surface area (Å²) in [5.74, 6) is -0.150. The number of ether oxygens (including phenoxy) is 7. The van der Waals surface area contributed by atoms with Gasteiger partial charge in [0, 0.05) is 6.42 Å². The fourth-order valence-corrected chi connectivity index (χ4v) is 4.99. The van der Waals surface area contributed by atoms with Crippen molar-refractivity contribution < 1.29 is 38.0 Å². The van der Waals surface area contributed by atoms with E-state index >= 15 is 0 Å². The van der Waals surface area contributed by atoms with Crippen LogP contribution in [0.4, 0.5) is 0 Å². The maximum atomic E-state index is 11.6. The third kappa shape index (κ3) is 14.1. The van der Waals surface area contributed by atoms with Gasteiger partial charge in [0.05, 0.1) is 72.7 Å². The lowest BCUT2D eigenvalue weighted by Gasteiger charge is -2.36. The summed E-state index contributed by atoms with van der Waals surface area (Å²) in [5.41, 5.74) is 2.45. The van der Waals surface area contributed by atoms with Gasteiger partial charge >= 0.3 is 5.97 Å². The monoisotopic (exact) mass is 636 g/mol. The molecule has 0 saturated carbocycles. The molecule has 8 nitrogen and oxygen atoms in total. The molecule has 0 heterocycles. The second-order valence-electron chi connectivity index (χ2n) is 10.7. The highest BCUT2D eigenvalue weighted by atomic mass is 16.6. The molecule has 3 aromatic rings. The minimum absolute atomic E-state index is 0.150. The molecule has 252 valence electrons. The summed E-state index contributed by atoms with van der Waals surface area (Å²) in [5, 5.41) is 0. The number of hydrogen-bond acceptors (Lipinski definition) is 8. The fraction of sp³-hybridized carbons (Fsp3) is 0.500. The summed E-state index contributed by atoms with van der Waals surface area (Å²) in [7, 11) is 0. The Morgan fingerprint density at radius 3 is 1.24 bits per heavy atom. The first kappa shape index (κ1) is 37.3. The first-order chi connectivity index (χ1) is 22.8. The van der Waals surface area contributed by atoms with Crippen molar-refractivity contribution in [1.82, 2.24) is 0 Å². The smallest absolute Gasteiger partial charge is 0.305 e. The highest BCUT2D eigenvalue weighted by Gasteiger charge is 2.37. The average Bonchev–Trinajstić information content (AvgIpc) is 3.10. The molecule has 3 rings (SSSR count). The van der Waals surface area contributed by atoms with Crippen molar-refractivity contribution in [3.8, 4) is 0 Å². The van der Waals surface area contributed by atoms with Gasteiger partial charge in [0.15, 0.2) is 0 Å². The topological polar surface area (TPSA) is 81.7 Å². The van der Waals surface area contributed by atoms with E-state index in [1.807, 2.05) is 54.6 Å². The van der Waals surface area contributed by atoms with E-state index in [0.29, 0.717) is 79.1 Å². The summed E-state index contributed by atoms with van der Waals surface area (Å²) in [6.45, 7) is 7.48. The van der Waals surface area contributed by atoms with E-state index in [2.05, 4.69) is 43.3 Å². The van der Waals surface area contributed by atoms with Crippen LogP contribution in [0.5, 0.6) is 0 Å². The number of unbranched alkanes of at least 4 members (excludes halogenated alkanes) is 3. The van der Waals surface area contributed by atoms with Gasteiger partial charge in [-0.05, 0) is 23.1 Å². The molecule has 0 aliphatic rings. The van der Waals surface area contributed by atoms with Crippen molar-refractivity contribution in [2.24, 2.45) is 0 Å². The summed E-state index contributed by atoms with van der Waals surface area (Å²) in [4.78, 5) is 11.6. The maximum absolute atomic E-state index is 11.6. The highest BCUT2D eigenvalue weighted by molar-refractivity contribution is 5.69. The Balaban J connectivity index is 1.20. The largest absolute Gasteiger partial charge is 0.463 e. The van der Waals surface area contributed by atoms with Crippen molar-refractivity contribution in [2.75, 3.05) is 79.3 Å². The SMILES string of the molecule is CCCCCCC(=O)OCCOCCOCCOCCOCCOCCOC(c1ccccc1)(c1ccccc1)c1ccccc1. The van der Waals surface area contributed by atoms with Gasteiger partial charge in [0.25, 0.3) is 0 Å². The van der Waals surface area contributed by atoms with E-state index in [9.17, 15) is 4.79 Å². The predicted octanol–water partition coefficient (Wildman–Crippen LogP) is 6.59. The zero-order valence-electron chi connectivity index (χ0n) is 27.4. The average molecular weight is 637 g/mol. The van der Waals surface area contributed by atoms with Crippen LogP contribution in [-0.4, -0.2) is 85.3 Å². The van der Waals surface area contributed by atoms with E-state index in [1.54, 1.807) is 0 Å². The quantitative estimate of drug-likeness (QED) is 0.0527. The van der Waals surface area contributed by atoms with Crippen molar-refractivity contribution in [2.45, 2.75) is 44.6 Å². The molecule has 0 aliphatic carbocycles. The van der Waals surface area contributed by atoms with E-state index in [0.717, 1.165) is 42.4 Å². The lowest BCUT2D eigenvalue weighted by atomic mass is 9.80. The Morgan fingerprint density at radius 1 is 0.478 bits per heavy atom. The highest BCUT2D eigenvalue weighted by Crippen LogP contribution is 2.40. The van der Waals surface area contributed by atoms with Crippen molar-refractivity contribution in [1.29, 1.82) is 0 Å². The van der Waals surface area contributed by atoms with Gasteiger partial charge in [-0.1, -0.05) is 117 Å². The molecule has 0 amide bonds. The van der Waals surface area contributed by atoms with Crippen LogP contribution in [0.3, 0.4) is 0 Å². The molecule has 0 radical (unpaired) electrons. The van der Waals surface area contributed by atoms with Crippen LogP contribution in [0.1, 0.15) is 55.7 Å². The Hall–Kier alpha value is -3.11. The zero-order valence-corrected chi connectivity index (χ0v) is 27.4. The van der Waals surface area contributed by atoms with E-state index in [1.165, 1.54) is 0 Å². The van der Waals surface area contributed by atoms with Crippen LogP contribution < -0.4 is 0 Å². The molecular weight excluding hydrogens is 584 g/mol. The predicted molar refractivity (Wildman–Crippen MR) is 179 cm³/mol. The van der Waals surface area contributed by atoms with Crippen LogP contribution >= 0.6 is 0 Å². The first-order valence-corrected chi connectivity index (χ1v) is 16.6. The molecule has 0 aliphatic heterocycles. The van der Waals surface area contributed by atoms with Crippen molar-refractivity contribution in [3.63, 3.8) is 0 Å². The Bertz CT molecular complexity index is 1050. The third-order valence-corrected chi connectivity index (χ3v) is 7.30. The second kappa shape index (κ2) is 24.1.